The molecule has 0 amide bonds. The zero-order valence-electron chi connectivity index (χ0n) is 18.8. The van der Waals surface area contributed by atoms with Gasteiger partial charge >= 0.3 is 6.18 Å². The summed E-state index contributed by atoms with van der Waals surface area (Å²) in [5, 5.41) is 4.43. The minimum Gasteiger partial charge on any atom is -0.377 e. The van der Waals surface area contributed by atoms with Crippen molar-refractivity contribution in [2.75, 3.05) is 49.2 Å². The molecule has 0 unspecified atom stereocenters. The van der Waals surface area contributed by atoms with E-state index in [0.29, 0.717) is 32.1 Å². The first-order valence-electron chi connectivity index (χ1n) is 11.5. The van der Waals surface area contributed by atoms with Crippen molar-refractivity contribution >= 4 is 22.8 Å². The predicted molar refractivity (Wildman–Crippen MR) is 118 cm³/mol. The summed E-state index contributed by atoms with van der Waals surface area (Å²) in [6.45, 7) is 5.83. The Bertz CT molecular complexity index is 1220. The van der Waals surface area contributed by atoms with Gasteiger partial charge in [-0.2, -0.15) is 18.3 Å². The van der Waals surface area contributed by atoms with Crippen LogP contribution in [-0.2, 0) is 10.9 Å². The molecule has 0 saturated carbocycles. The topological polar surface area (TPSA) is 85.1 Å². The van der Waals surface area contributed by atoms with Crippen LogP contribution in [0.3, 0.4) is 0 Å². The van der Waals surface area contributed by atoms with E-state index in [4.69, 9.17) is 9.72 Å². The summed E-state index contributed by atoms with van der Waals surface area (Å²) in [5.74, 6) is 1.34. The average Bonchev–Trinajstić information content (AvgIpc) is 3.37. The first-order chi connectivity index (χ1) is 16.3. The van der Waals surface area contributed by atoms with Crippen molar-refractivity contribution < 1.29 is 17.9 Å². The molecule has 3 saturated heterocycles. The SMILES string of the molecule is Cc1nc(N2CCC3(CCN(c4cnc5cnn(C6COC6)c5n4)CC3)C2)cc(C(F)(F)F)n1. The van der Waals surface area contributed by atoms with E-state index in [1.165, 1.54) is 6.92 Å². The number of hydrogen-bond acceptors (Lipinski definition) is 8. The maximum absolute atomic E-state index is 13.2. The minimum atomic E-state index is -4.48. The van der Waals surface area contributed by atoms with Crippen LogP contribution in [0.15, 0.2) is 18.5 Å². The summed E-state index contributed by atoms with van der Waals surface area (Å²) in [7, 11) is 0. The van der Waals surface area contributed by atoms with Crippen LogP contribution < -0.4 is 9.80 Å². The second-order valence-electron chi connectivity index (χ2n) is 9.53. The van der Waals surface area contributed by atoms with Gasteiger partial charge < -0.3 is 14.5 Å². The number of aryl methyl sites for hydroxylation is 1. The Hall–Kier alpha value is -3.02. The van der Waals surface area contributed by atoms with Crippen LogP contribution >= 0.6 is 0 Å². The maximum Gasteiger partial charge on any atom is 0.433 e. The number of nitrogens with zero attached hydrogens (tertiary/aromatic N) is 8. The lowest BCUT2D eigenvalue weighted by Gasteiger charge is -2.39. The van der Waals surface area contributed by atoms with Gasteiger partial charge in [-0.25, -0.2) is 24.6 Å². The molecule has 0 N–H and O–H groups in total. The van der Waals surface area contributed by atoms with Crippen molar-refractivity contribution in [2.45, 2.75) is 38.4 Å². The summed E-state index contributed by atoms with van der Waals surface area (Å²) in [4.78, 5) is 21.5. The van der Waals surface area contributed by atoms with Crippen LogP contribution in [-0.4, -0.2) is 69.1 Å². The lowest BCUT2D eigenvalue weighted by atomic mass is 9.78. The molecule has 3 aromatic heterocycles. The van der Waals surface area contributed by atoms with Crippen LogP contribution in [0.25, 0.3) is 11.2 Å². The monoisotopic (exact) mass is 474 g/mol. The molecule has 0 bridgehead atoms. The van der Waals surface area contributed by atoms with Gasteiger partial charge in [0.1, 0.15) is 34.7 Å². The highest BCUT2D eigenvalue weighted by Crippen LogP contribution is 2.43. The fourth-order valence-electron chi connectivity index (χ4n) is 5.20. The summed E-state index contributed by atoms with van der Waals surface area (Å²) in [5.41, 5.74) is 0.732. The zero-order chi connectivity index (χ0) is 23.5. The van der Waals surface area contributed by atoms with Gasteiger partial charge in [0, 0.05) is 32.2 Å². The first kappa shape index (κ1) is 21.5. The van der Waals surface area contributed by atoms with Crippen molar-refractivity contribution in [1.82, 2.24) is 29.7 Å². The Labute approximate surface area is 194 Å². The number of rotatable bonds is 3. The van der Waals surface area contributed by atoms with Gasteiger partial charge in [-0.3, -0.25) is 0 Å². The molecule has 0 aliphatic carbocycles. The Morgan fingerprint density at radius 1 is 0.971 bits per heavy atom. The van der Waals surface area contributed by atoms with Crippen molar-refractivity contribution in [2.24, 2.45) is 5.41 Å². The number of hydrogen-bond donors (Lipinski definition) is 0. The fourth-order valence-corrected chi connectivity index (χ4v) is 5.20. The van der Waals surface area contributed by atoms with E-state index in [1.54, 1.807) is 12.4 Å². The van der Waals surface area contributed by atoms with Gasteiger partial charge in [0.2, 0.25) is 0 Å². The molecular formula is C22H25F3N8O. The smallest absolute Gasteiger partial charge is 0.377 e. The Morgan fingerprint density at radius 3 is 2.38 bits per heavy atom. The highest BCUT2D eigenvalue weighted by atomic mass is 19.4. The van der Waals surface area contributed by atoms with Crippen LogP contribution in [0, 0.1) is 12.3 Å². The highest BCUT2D eigenvalue weighted by molar-refractivity contribution is 5.71. The van der Waals surface area contributed by atoms with E-state index in [-0.39, 0.29) is 17.3 Å². The number of ether oxygens (including phenoxy) is 1. The normalized spacial score (nSPS) is 20.9. The van der Waals surface area contributed by atoms with E-state index < -0.39 is 11.9 Å². The third-order valence-electron chi connectivity index (χ3n) is 7.28. The van der Waals surface area contributed by atoms with Crippen molar-refractivity contribution in [3.63, 3.8) is 0 Å². The summed E-state index contributed by atoms with van der Waals surface area (Å²) >= 11 is 0. The molecular weight excluding hydrogens is 449 g/mol. The maximum atomic E-state index is 13.2. The van der Waals surface area contributed by atoms with Crippen LogP contribution in [0.1, 0.15) is 36.8 Å². The molecule has 3 fully saturated rings. The number of anilines is 2. The van der Waals surface area contributed by atoms with Crippen LogP contribution in [0.5, 0.6) is 0 Å². The summed E-state index contributed by atoms with van der Waals surface area (Å²) in [6.07, 6.45) is 1.87. The van der Waals surface area contributed by atoms with Gasteiger partial charge in [0.25, 0.3) is 0 Å². The second kappa shape index (κ2) is 7.76. The first-order valence-corrected chi connectivity index (χ1v) is 11.5. The average molecular weight is 474 g/mol. The summed E-state index contributed by atoms with van der Waals surface area (Å²) < 4.78 is 46.8. The lowest BCUT2D eigenvalue weighted by molar-refractivity contribution is -0.141. The van der Waals surface area contributed by atoms with Crippen LogP contribution in [0.4, 0.5) is 24.8 Å². The number of alkyl halides is 3. The quantitative estimate of drug-likeness (QED) is 0.573. The second-order valence-corrected chi connectivity index (χ2v) is 9.53. The molecule has 3 aliphatic heterocycles. The molecule has 3 aliphatic rings. The van der Waals surface area contributed by atoms with E-state index >= 15 is 0 Å². The fraction of sp³-hybridized carbons (Fsp3) is 0.591. The molecule has 6 heterocycles. The van der Waals surface area contributed by atoms with Gasteiger partial charge in [-0.05, 0) is 31.6 Å². The Morgan fingerprint density at radius 2 is 1.71 bits per heavy atom. The van der Waals surface area contributed by atoms with Gasteiger partial charge in [0.15, 0.2) is 5.65 Å². The van der Waals surface area contributed by atoms with Crippen molar-refractivity contribution in [3.05, 3.63) is 30.0 Å². The Balaban J connectivity index is 1.16. The zero-order valence-corrected chi connectivity index (χ0v) is 18.8. The molecule has 34 heavy (non-hydrogen) atoms. The van der Waals surface area contributed by atoms with E-state index in [0.717, 1.165) is 55.4 Å². The molecule has 3 aromatic rings. The molecule has 1 spiro atoms. The molecule has 0 atom stereocenters. The standard InChI is InChI=1S/C22H25F3N8O/c1-14-28-17(22(23,24)25)8-18(29-14)32-7-4-21(13-32)2-5-31(6-3-21)19-10-26-16-9-27-33(20(16)30-19)15-11-34-12-15/h8-10,15H,2-7,11-13H2,1H3. The lowest BCUT2D eigenvalue weighted by Crippen LogP contribution is -2.42. The summed E-state index contributed by atoms with van der Waals surface area (Å²) in [6, 6.07) is 1.28. The molecule has 6 rings (SSSR count). The van der Waals surface area contributed by atoms with E-state index in [2.05, 4.69) is 25.0 Å². The number of fused-ring (bicyclic) bond motifs is 1. The third kappa shape index (κ3) is 3.73. The van der Waals surface area contributed by atoms with Gasteiger partial charge in [0.05, 0.1) is 25.6 Å². The third-order valence-corrected chi connectivity index (χ3v) is 7.28. The number of piperidine rings is 1. The number of halogens is 3. The van der Waals surface area contributed by atoms with Gasteiger partial charge in [-0.1, -0.05) is 0 Å². The van der Waals surface area contributed by atoms with Gasteiger partial charge in [-0.15, -0.1) is 0 Å². The van der Waals surface area contributed by atoms with E-state index in [9.17, 15) is 13.2 Å². The molecule has 12 heteroatoms. The molecule has 0 aromatic carbocycles. The largest absolute Gasteiger partial charge is 0.433 e. The molecule has 9 nitrogen and oxygen atoms in total. The molecule has 180 valence electrons. The minimum absolute atomic E-state index is 0.0658. The van der Waals surface area contributed by atoms with Crippen LogP contribution in [0.2, 0.25) is 0 Å². The Kier molecular flexibility index (Phi) is 4.91. The predicted octanol–water partition coefficient (Wildman–Crippen LogP) is 3.01. The highest BCUT2D eigenvalue weighted by Gasteiger charge is 2.42. The van der Waals surface area contributed by atoms with Crippen molar-refractivity contribution in [3.8, 4) is 0 Å². The molecule has 0 radical (unpaired) electrons. The van der Waals surface area contributed by atoms with E-state index in [1.807, 2.05) is 9.58 Å². The van der Waals surface area contributed by atoms with Crippen molar-refractivity contribution in [1.29, 1.82) is 0 Å². The number of aromatic nitrogens is 6.